The standard InChI is InChI=1S/C12H14ClNO3/c1-8(14-7-6-11(15)16)12(17)9-2-4-10(13)5-3-9/h2-5,8,14H,6-7H2,1H3,(H,15,16). The van der Waals surface area contributed by atoms with Gasteiger partial charge in [0.25, 0.3) is 0 Å². The maximum Gasteiger partial charge on any atom is 0.304 e. The number of ketones is 1. The first kappa shape index (κ1) is 13.7. The van der Waals surface area contributed by atoms with E-state index in [9.17, 15) is 9.59 Å². The number of Topliss-reactive ketones (excluding diaryl/α,β-unsaturated/α-hetero) is 1. The molecule has 0 aliphatic heterocycles. The van der Waals surface area contributed by atoms with Gasteiger partial charge in [-0.15, -0.1) is 0 Å². The van der Waals surface area contributed by atoms with E-state index in [1.165, 1.54) is 0 Å². The molecule has 92 valence electrons. The highest BCUT2D eigenvalue weighted by Crippen LogP contribution is 2.11. The van der Waals surface area contributed by atoms with Gasteiger partial charge in [-0.3, -0.25) is 9.59 Å². The van der Waals surface area contributed by atoms with Crippen LogP contribution in [0.25, 0.3) is 0 Å². The summed E-state index contributed by atoms with van der Waals surface area (Å²) in [5.41, 5.74) is 0.560. The number of nitrogens with one attached hydrogen (secondary N) is 1. The van der Waals surface area contributed by atoms with Crippen LogP contribution in [0.2, 0.25) is 5.02 Å². The van der Waals surface area contributed by atoms with Crippen molar-refractivity contribution < 1.29 is 14.7 Å². The Morgan fingerprint density at radius 1 is 1.35 bits per heavy atom. The van der Waals surface area contributed by atoms with Crippen molar-refractivity contribution >= 4 is 23.4 Å². The van der Waals surface area contributed by atoms with Crippen LogP contribution >= 0.6 is 11.6 Å². The number of benzene rings is 1. The number of carbonyl (C=O) groups is 2. The lowest BCUT2D eigenvalue weighted by atomic mass is 10.1. The molecule has 1 aromatic rings. The quantitative estimate of drug-likeness (QED) is 0.763. The van der Waals surface area contributed by atoms with Crippen molar-refractivity contribution in [1.82, 2.24) is 5.32 Å². The number of hydrogen-bond acceptors (Lipinski definition) is 3. The molecule has 17 heavy (non-hydrogen) atoms. The lowest BCUT2D eigenvalue weighted by molar-refractivity contribution is -0.136. The highest BCUT2D eigenvalue weighted by Gasteiger charge is 2.14. The largest absolute Gasteiger partial charge is 0.481 e. The molecule has 1 rings (SSSR count). The predicted molar refractivity (Wildman–Crippen MR) is 65.5 cm³/mol. The van der Waals surface area contributed by atoms with Crippen molar-refractivity contribution in [2.24, 2.45) is 0 Å². The molecule has 0 fully saturated rings. The Kier molecular flexibility index (Phi) is 5.12. The monoisotopic (exact) mass is 255 g/mol. The number of hydrogen-bond donors (Lipinski definition) is 2. The van der Waals surface area contributed by atoms with E-state index in [1.54, 1.807) is 31.2 Å². The van der Waals surface area contributed by atoms with Crippen LogP contribution in [0.5, 0.6) is 0 Å². The molecule has 0 aromatic heterocycles. The average Bonchev–Trinajstić information content (AvgIpc) is 2.28. The van der Waals surface area contributed by atoms with Crippen LogP contribution in [0, 0.1) is 0 Å². The third kappa shape index (κ3) is 4.54. The molecule has 0 amide bonds. The maximum absolute atomic E-state index is 11.9. The molecule has 5 heteroatoms. The maximum atomic E-state index is 11.9. The van der Waals surface area contributed by atoms with Crippen molar-refractivity contribution in [3.63, 3.8) is 0 Å². The Morgan fingerprint density at radius 3 is 2.47 bits per heavy atom. The third-order valence-electron chi connectivity index (χ3n) is 2.31. The summed E-state index contributed by atoms with van der Waals surface area (Å²) in [5.74, 6) is -0.962. The Balaban J connectivity index is 2.51. The first-order chi connectivity index (χ1) is 8.00. The Labute approximate surface area is 105 Å². The second-order valence-corrected chi connectivity index (χ2v) is 4.13. The van der Waals surface area contributed by atoms with E-state index in [2.05, 4.69) is 5.32 Å². The zero-order chi connectivity index (χ0) is 12.8. The summed E-state index contributed by atoms with van der Waals surface area (Å²) in [7, 11) is 0. The molecule has 0 bridgehead atoms. The van der Waals surface area contributed by atoms with E-state index in [0.717, 1.165) is 0 Å². The van der Waals surface area contributed by atoms with E-state index in [0.29, 0.717) is 10.6 Å². The van der Waals surface area contributed by atoms with Crippen molar-refractivity contribution in [2.45, 2.75) is 19.4 Å². The fourth-order valence-corrected chi connectivity index (χ4v) is 1.48. The third-order valence-corrected chi connectivity index (χ3v) is 2.56. The molecule has 2 N–H and O–H groups in total. The van der Waals surface area contributed by atoms with Crippen LogP contribution < -0.4 is 5.32 Å². The summed E-state index contributed by atoms with van der Waals surface area (Å²) in [4.78, 5) is 22.2. The second-order valence-electron chi connectivity index (χ2n) is 3.69. The van der Waals surface area contributed by atoms with E-state index in [4.69, 9.17) is 16.7 Å². The Morgan fingerprint density at radius 2 is 1.94 bits per heavy atom. The molecule has 0 spiro atoms. The molecular formula is C12H14ClNO3. The number of halogens is 1. The SMILES string of the molecule is CC(NCCC(=O)O)C(=O)c1ccc(Cl)cc1. The summed E-state index contributed by atoms with van der Waals surface area (Å²) in [5, 5.41) is 11.9. The average molecular weight is 256 g/mol. The van der Waals surface area contributed by atoms with E-state index < -0.39 is 12.0 Å². The number of rotatable bonds is 6. The topological polar surface area (TPSA) is 66.4 Å². The molecule has 0 radical (unpaired) electrons. The van der Waals surface area contributed by atoms with Gasteiger partial charge in [0, 0.05) is 17.1 Å². The summed E-state index contributed by atoms with van der Waals surface area (Å²) >= 11 is 5.72. The summed E-state index contributed by atoms with van der Waals surface area (Å²) < 4.78 is 0. The van der Waals surface area contributed by atoms with Gasteiger partial charge in [0.05, 0.1) is 12.5 Å². The molecule has 0 heterocycles. The molecule has 0 saturated heterocycles. The summed E-state index contributed by atoms with van der Waals surface area (Å²) in [6.45, 7) is 1.98. The van der Waals surface area contributed by atoms with Gasteiger partial charge in [-0.05, 0) is 31.2 Å². The smallest absolute Gasteiger partial charge is 0.304 e. The zero-order valence-corrected chi connectivity index (χ0v) is 10.2. The summed E-state index contributed by atoms with van der Waals surface area (Å²) in [6.07, 6.45) is -0.00175. The highest BCUT2D eigenvalue weighted by molar-refractivity contribution is 6.30. The fraction of sp³-hybridized carbons (Fsp3) is 0.333. The van der Waals surface area contributed by atoms with Gasteiger partial charge in [-0.1, -0.05) is 11.6 Å². The number of carboxylic acids is 1. The van der Waals surface area contributed by atoms with Crippen LogP contribution in [-0.2, 0) is 4.79 Å². The minimum absolute atomic E-state index is 0.00175. The first-order valence-electron chi connectivity index (χ1n) is 5.25. The molecule has 0 aliphatic carbocycles. The predicted octanol–water partition coefficient (Wildman–Crippen LogP) is 1.98. The fourth-order valence-electron chi connectivity index (χ4n) is 1.35. The highest BCUT2D eigenvalue weighted by atomic mass is 35.5. The second kappa shape index (κ2) is 6.37. The van der Waals surface area contributed by atoms with Gasteiger partial charge in [0.15, 0.2) is 5.78 Å². The number of carboxylic acid groups (broad SMARTS) is 1. The molecule has 1 unspecified atom stereocenters. The Hall–Kier alpha value is -1.39. The minimum atomic E-state index is -0.886. The van der Waals surface area contributed by atoms with Gasteiger partial charge in [0.1, 0.15) is 0 Å². The van der Waals surface area contributed by atoms with Crippen molar-refractivity contribution in [1.29, 1.82) is 0 Å². The van der Waals surface area contributed by atoms with Crippen LogP contribution in [0.3, 0.4) is 0 Å². The molecule has 4 nitrogen and oxygen atoms in total. The van der Waals surface area contributed by atoms with E-state index >= 15 is 0 Å². The van der Waals surface area contributed by atoms with Crippen LogP contribution in [-0.4, -0.2) is 29.4 Å². The van der Waals surface area contributed by atoms with Crippen LogP contribution in [0.1, 0.15) is 23.7 Å². The lowest BCUT2D eigenvalue weighted by Gasteiger charge is -2.11. The van der Waals surface area contributed by atoms with Gasteiger partial charge >= 0.3 is 5.97 Å². The van der Waals surface area contributed by atoms with Crippen molar-refractivity contribution in [2.75, 3.05) is 6.54 Å². The number of aliphatic carboxylic acids is 1. The van der Waals surface area contributed by atoms with Gasteiger partial charge in [0.2, 0.25) is 0 Å². The molecule has 1 aromatic carbocycles. The zero-order valence-electron chi connectivity index (χ0n) is 9.44. The minimum Gasteiger partial charge on any atom is -0.481 e. The van der Waals surface area contributed by atoms with E-state index in [1.807, 2.05) is 0 Å². The van der Waals surface area contributed by atoms with Crippen molar-refractivity contribution in [3.8, 4) is 0 Å². The van der Waals surface area contributed by atoms with Crippen LogP contribution in [0.15, 0.2) is 24.3 Å². The molecule has 0 saturated carbocycles. The van der Waals surface area contributed by atoms with Gasteiger partial charge in [-0.25, -0.2) is 0 Å². The summed E-state index contributed by atoms with van der Waals surface area (Å²) in [6, 6.07) is 6.20. The Bertz CT molecular complexity index is 403. The first-order valence-corrected chi connectivity index (χ1v) is 5.63. The lowest BCUT2D eigenvalue weighted by Crippen LogP contribution is -2.35. The molecule has 1 atom stereocenters. The van der Waals surface area contributed by atoms with Gasteiger partial charge in [-0.2, -0.15) is 0 Å². The normalized spacial score (nSPS) is 12.1. The number of carbonyl (C=O) groups excluding carboxylic acids is 1. The van der Waals surface area contributed by atoms with Gasteiger partial charge < -0.3 is 10.4 Å². The molecule has 0 aliphatic rings. The van der Waals surface area contributed by atoms with E-state index in [-0.39, 0.29) is 18.7 Å². The van der Waals surface area contributed by atoms with Crippen LogP contribution in [0.4, 0.5) is 0 Å². The molecular weight excluding hydrogens is 242 g/mol. The van der Waals surface area contributed by atoms with Crippen molar-refractivity contribution in [3.05, 3.63) is 34.9 Å².